The third-order valence-electron chi connectivity index (χ3n) is 7.18. The largest absolute Gasteiger partial charge is 0.494 e. The molecule has 0 saturated carbocycles. The summed E-state index contributed by atoms with van der Waals surface area (Å²) in [5, 5.41) is 17.4. The summed E-state index contributed by atoms with van der Waals surface area (Å²) in [7, 11) is -0.0540. The Morgan fingerprint density at radius 1 is 1.15 bits per heavy atom. The molecule has 0 saturated heterocycles. The van der Waals surface area contributed by atoms with Gasteiger partial charge in [-0.25, -0.2) is 28.0 Å². The summed E-state index contributed by atoms with van der Waals surface area (Å²) in [4.78, 5) is 21.3. The summed E-state index contributed by atoms with van der Waals surface area (Å²) in [6, 6.07) is 9.65. The maximum absolute atomic E-state index is 15.0. The first kappa shape index (κ1) is 35.8. The Kier molecular flexibility index (Phi) is 10.9. The van der Waals surface area contributed by atoms with Crippen molar-refractivity contribution in [3.8, 4) is 17.1 Å². The lowest BCUT2D eigenvalue weighted by Gasteiger charge is -2.20. The Hall–Kier alpha value is -4.09. The van der Waals surface area contributed by atoms with Crippen molar-refractivity contribution in [2.24, 2.45) is 0 Å². The van der Waals surface area contributed by atoms with E-state index in [-0.39, 0.29) is 47.1 Å². The number of methoxy groups -OCH3 is 1. The maximum atomic E-state index is 15.0. The van der Waals surface area contributed by atoms with Gasteiger partial charge in [0.15, 0.2) is 28.7 Å². The van der Waals surface area contributed by atoms with Gasteiger partial charge in [-0.3, -0.25) is 4.31 Å². The fourth-order valence-electron chi connectivity index (χ4n) is 4.70. The molecular weight excluding hydrogens is 661 g/mol. The molecule has 0 spiro atoms. The minimum absolute atomic E-state index is 0.0219. The normalized spacial score (nSPS) is 12.7. The Bertz CT molecular complexity index is 1800. The molecule has 0 amide bonds. The van der Waals surface area contributed by atoms with Crippen LogP contribution in [0.15, 0.2) is 36.4 Å². The van der Waals surface area contributed by atoms with Crippen LogP contribution in [0.5, 0.6) is 5.75 Å². The van der Waals surface area contributed by atoms with Crippen molar-refractivity contribution in [3.05, 3.63) is 59.0 Å². The number of alkyl halides is 3. The molecule has 2 N–H and O–H groups in total. The van der Waals surface area contributed by atoms with Gasteiger partial charge < -0.3 is 19.9 Å². The molecular formula is C30H36F4N6O5SSi. The molecule has 4 rings (SSSR count). The van der Waals surface area contributed by atoms with Crippen LogP contribution in [0, 0.1) is 5.82 Å². The van der Waals surface area contributed by atoms with Gasteiger partial charge in [-0.1, -0.05) is 37.8 Å². The van der Waals surface area contributed by atoms with Gasteiger partial charge >= 0.3 is 12.1 Å². The van der Waals surface area contributed by atoms with Crippen LogP contribution in [0.3, 0.4) is 0 Å². The third kappa shape index (κ3) is 8.84. The topological polar surface area (TPSA) is 132 Å². The van der Waals surface area contributed by atoms with Crippen LogP contribution < -0.4 is 14.4 Å². The number of fused-ring (bicyclic) bond motifs is 1. The summed E-state index contributed by atoms with van der Waals surface area (Å²) in [5.41, 5.74) is 0.189. The molecule has 0 bridgehead atoms. The van der Waals surface area contributed by atoms with Gasteiger partial charge in [0.1, 0.15) is 23.5 Å². The van der Waals surface area contributed by atoms with Crippen LogP contribution in [0.2, 0.25) is 25.7 Å². The minimum Gasteiger partial charge on any atom is -0.494 e. The monoisotopic (exact) mass is 696 g/mol. The molecule has 1 atom stereocenters. The number of ether oxygens (including phenoxy) is 2. The van der Waals surface area contributed by atoms with E-state index < -0.39 is 54.9 Å². The first-order valence-electron chi connectivity index (χ1n) is 14.4. The lowest BCUT2D eigenvalue weighted by molar-refractivity contribution is -0.127. The number of hydrogen-bond acceptors (Lipinski definition) is 8. The van der Waals surface area contributed by atoms with Crippen LogP contribution in [0.25, 0.3) is 22.4 Å². The first-order chi connectivity index (χ1) is 22.0. The molecule has 0 aliphatic rings. The van der Waals surface area contributed by atoms with Crippen LogP contribution in [-0.4, -0.2) is 76.3 Å². The number of carboxylic acids is 1. The SMILES string of the molecule is COc1cc(CC(F)(F)F)c(-c2nc(NCc3ccccc3N(C)S(C)=O)c3c(C(=O)O)nn(COCC[Si](C)(C)C)c3n2)cc1F. The Morgan fingerprint density at radius 2 is 1.85 bits per heavy atom. The van der Waals surface area contributed by atoms with Crippen LogP contribution in [0.1, 0.15) is 21.6 Å². The van der Waals surface area contributed by atoms with Gasteiger partial charge in [0.25, 0.3) is 0 Å². The van der Waals surface area contributed by atoms with E-state index in [4.69, 9.17) is 9.47 Å². The minimum atomic E-state index is -4.67. The van der Waals surface area contributed by atoms with E-state index in [0.29, 0.717) is 17.9 Å². The summed E-state index contributed by atoms with van der Waals surface area (Å²) in [6.45, 7) is 6.70. The van der Waals surface area contributed by atoms with E-state index in [2.05, 4.69) is 40.0 Å². The fraction of sp³-hybridized carbons (Fsp3) is 0.400. The zero-order chi connectivity index (χ0) is 34.7. The molecule has 2 heterocycles. The molecule has 1 unspecified atom stereocenters. The second kappa shape index (κ2) is 14.3. The number of nitrogens with one attached hydrogen (secondary N) is 1. The van der Waals surface area contributed by atoms with E-state index in [1.54, 1.807) is 35.6 Å². The number of anilines is 2. The highest BCUT2D eigenvalue weighted by Crippen LogP contribution is 2.36. The van der Waals surface area contributed by atoms with E-state index in [1.807, 2.05) is 0 Å². The second-order valence-electron chi connectivity index (χ2n) is 11.9. The number of rotatable bonds is 14. The average Bonchev–Trinajstić information content (AvgIpc) is 3.36. The summed E-state index contributed by atoms with van der Waals surface area (Å²) in [5.74, 6) is -3.10. The predicted molar refractivity (Wildman–Crippen MR) is 174 cm³/mol. The highest BCUT2D eigenvalue weighted by Gasteiger charge is 2.32. The van der Waals surface area contributed by atoms with E-state index >= 15 is 0 Å². The molecule has 47 heavy (non-hydrogen) atoms. The molecule has 11 nitrogen and oxygen atoms in total. The number of para-hydroxylation sites is 1. The van der Waals surface area contributed by atoms with Crippen molar-refractivity contribution in [1.82, 2.24) is 19.7 Å². The van der Waals surface area contributed by atoms with E-state index in [9.17, 15) is 31.7 Å². The summed E-state index contributed by atoms with van der Waals surface area (Å²) >= 11 is 0. The third-order valence-corrected chi connectivity index (χ3v) is 9.85. The van der Waals surface area contributed by atoms with Crippen LogP contribution in [-0.2, 0) is 35.4 Å². The molecule has 0 radical (unpaired) electrons. The predicted octanol–water partition coefficient (Wildman–Crippen LogP) is 6.10. The quantitative estimate of drug-likeness (QED) is 0.0913. The van der Waals surface area contributed by atoms with Crippen molar-refractivity contribution in [2.45, 2.75) is 51.6 Å². The molecule has 0 fully saturated rings. The van der Waals surface area contributed by atoms with Crippen LogP contribution in [0.4, 0.5) is 29.1 Å². The Morgan fingerprint density at radius 3 is 2.47 bits per heavy atom. The smallest absolute Gasteiger partial charge is 0.393 e. The number of benzene rings is 2. The molecule has 0 aliphatic carbocycles. The van der Waals surface area contributed by atoms with Gasteiger partial charge in [0.05, 0.1) is 24.6 Å². The van der Waals surface area contributed by atoms with Crippen molar-refractivity contribution in [1.29, 1.82) is 0 Å². The molecule has 2 aromatic carbocycles. The number of aromatic nitrogens is 4. The zero-order valence-electron chi connectivity index (χ0n) is 26.7. The van der Waals surface area contributed by atoms with E-state index in [0.717, 1.165) is 25.3 Å². The number of carbonyl (C=O) groups is 1. The number of carboxylic acid groups (broad SMARTS) is 1. The molecule has 17 heteroatoms. The standard InChI is InChI=1S/C30H36F4N6O5SSi/c1-39(46(3)43)22-10-8-7-9-18(22)16-35-27-24-25(29(41)42)38-40(17-45-11-12-47(4,5)6)28(24)37-26(36-27)20-14-21(31)23(44-2)13-19(20)15-30(32,33)34/h7-10,13-14H,11-12,15-17H2,1-6H3,(H,41,42)(H,35,36,37). The van der Waals surface area contributed by atoms with Gasteiger partial charge in [0, 0.05) is 40.1 Å². The van der Waals surface area contributed by atoms with Crippen LogP contribution >= 0.6 is 0 Å². The average molecular weight is 697 g/mol. The Labute approximate surface area is 272 Å². The van der Waals surface area contributed by atoms with Gasteiger partial charge in [-0.05, 0) is 35.4 Å². The number of hydrogen-bond donors (Lipinski definition) is 2. The molecule has 4 aromatic rings. The maximum Gasteiger partial charge on any atom is 0.393 e. The van der Waals surface area contributed by atoms with Gasteiger partial charge in [-0.2, -0.15) is 18.3 Å². The molecule has 2 aromatic heterocycles. The lowest BCUT2D eigenvalue weighted by Crippen LogP contribution is -2.22. The number of halogens is 4. The number of nitrogens with zero attached hydrogens (tertiary/aromatic N) is 5. The highest BCUT2D eigenvalue weighted by atomic mass is 32.2. The summed E-state index contributed by atoms with van der Waals surface area (Å²) in [6.07, 6.45) is -4.59. The first-order valence-corrected chi connectivity index (χ1v) is 19.6. The zero-order valence-corrected chi connectivity index (χ0v) is 28.6. The number of aromatic carboxylic acids is 1. The second-order valence-corrected chi connectivity index (χ2v) is 19.0. The Balaban J connectivity index is 1.92. The van der Waals surface area contributed by atoms with Gasteiger partial charge in [-0.15, -0.1) is 0 Å². The molecule has 0 aliphatic heterocycles. The van der Waals surface area contributed by atoms with Gasteiger partial charge in [0.2, 0.25) is 0 Å². The lowest BCUT2D eigenvalue weighted by atomic mass is 10.0. The summed E-state index contributed by atoms with van der Waals surface area (Å²) < 4.78 is 81.7. The highest BCUT2D eigenvalue weighted by molar-refractivity contribution is 7.85. The van der Waals surface area contributed by atoms with Crippen molar-refractivity contribution < 1.29 is 41.1 Å². The van der Waals surface area contributed by atoms with Crippen molar-refractivity contribution in [2.75, 3.05) is 36.6 Å². The van der Waals surface area contributed by atoms with E-state index in [1.165, 1.54) is 10.9 Å². The van der Waals surface area contributed by atoms with Crippen molar-refractivity contribution in [3.63, 3.8) is 0 Å². The fourth-order valence-corrected chi connectivity index (χ4v) is 5.91. The van der Waals surface area contributed by atoms with Crippen molar-refractivity contribution >= 4 is 47.6 Å². The molecule has 254 valence electrons.